The summed E-state index contributed by atoms with van der Waals surface area (Å²) in [7, 11) is 2.23. The second-order valence-electron chi connectivity index (χ2n) is 15.3. The first-order chi connectivity index (χ1) is 26.8. The van der Waals surface area contributed by atoms with Crippen molar-refractivity contribution >= 4 is 34.4 Å². The molecule has 19 heteroatoms. The number of ether oxygens (including phenoxy) is 2. The Balaban J connectivity index is 1.49. The van der Waals surface area contributed by atoms with Gasteiger partial charge in [0.1, 0.15) is 17.1 Å². The molecule has 2 amide bonds. The molecule has 2 heterocycles. The van der Waals surface area contributed by atoms with Crippen LogP contribution < -0.4 is 16.2 Å². The number of benzene rings is 2. The van der Waals surface area contributed by atoms with Gasteiger partial charge in [0.25, 0.3) is 5.56 Å². The highest BCUT2D eigenvalue weighted by Gasteiger charge is 2.61. The monoisotopic (exact) mass is 832 g/mol. The highest BCUT2D eigenvalue weighted by molar-refractivity contribution is 5.94. The number of pyridine rings is 1. The van der Waals surface area contributed by atoms with Gasteiger partial charge < -0.3 is 24.7 Å². The smallest absolute Gasteiger partial charge is 0.417 e. The van der Waals surface area contributed by atoms with E-state index in [1.807, 2.05) is 0 Å². The second-order valence-corrected chi connectivity index (χ2v) is 15.3. The van der Waals surface area contributed by atoms with Gasteiger partial charge >= 0.3 is 30.6 Å². The van der Waals surface area contributed by atoms with Gasteiger partial charge in [0.15, 0.2) is 0 Å². The van der Waals surface area contributed by atoms with Crippen LogP contribution in [-0.4, -0.2) is 78.2 Å². The van der Waals surface area contributed by atoms with Crippen LogP contribution in [0.4, 0.5) is 44.3 Å². The Kier molecular flexibility index (Phi) is 12.1. The molecule has 5 rings (SSSR count). The number of carbonyl (C=O) groups is 3. The van der Waals surface area contributed by atoms with E-state index in [4.69, 9.17) is 9.47 Å². The Morgan fingerprint density at radius 3 is 2.17 bits per heavy atom. The summed E-state index contributed by atoms with van der Waals surface area (Å²) >= 11 is 0. The summed E-state index contributed by atoms with van der Waals surface area (Å²) in [6.45, 7) is 1.85. The normalized spacial score (nSPS) is 16.7. The Bertz CT molecular complexity index is 2180. The molecule has 1 atom stereocenters. The largest absolute Gasteiger partial charge is 0.467 e. The molecule has 10 nitrogen and oxygen atoms in total. The number of carbonyl (C=O) groups excluding carboxylic acids is 3. The number of nitrogens with one attached hydrogen (secondary N) is 2. The number of aromatic nitrogens is 1. The number of methoxy groups -OCH3 is 1. The molecule has 0 radical (unpaired) electrons. The van der Waals surface area contributed by atoms with Gasteiger partial charge in [-0.3, -0.25) is 14.5 Å². The fraction of sp³-hybridized carbons (Fsp3) is 0.487. The number of alkyl halides is 9. The minimum atomic E-state index is -5.20. The fourth-order valence-electron chi connectivity index (χ4n) is 7.44. The van der Waals surface area contributed by atoms with Gasteiger partial charge in [-0.1, -0.05) is 30.3 Å². The second kappa shape index (κ2) is 15.9. The number of halogens is 9. The lowest BCUT2D eigenvalue weighted by Gasteiger charge is -2.42. The molecule has 1 aliphatic heterocycles. The van der Waals surface area contributed by atoms with Crippen molar-refractivity contribution in [2.45, 2.75) is 83.2 Å². The van der Waals surface area contributed by atoms with Gasteiger partial charge in [0, 0.05) is 25.4 Å². The Labute approximate surface area is 326 Å². The maximum absolute atomic E-state index is 15.1. The molecule has 0 spiro atoms. The van der Waals surface area contributed by atoms with E-state index in [2.05, 4.69) is 10.6 Å². The third kappa shape index (κ3) is 9.29. The van der Waals surface area contributed by atoms with Crippen LogP contribution in [-0.2, 0) is 51.7 Å². The maximum atomic E-state index is 15.1. The van der Waals surface area contributed by atoms with Gasteiger partial charge in [-0.2, -0.15) is 39.5 Å². The van der Waals surface area contributed by atoms with Crippen LogP contribution in [0.1, 0.15) is 67.0 Å². The van der Waals surface area contributed by atoms with Crippen molar-refractivity contribution in [3.8, 4) is 0 Å². The number of nitrogens with zero attached hydrogens (tertiary/aromatic N) is 2. The molecule has 316 valence electrons. The SMILES string of the molecule is COC(=O)C(Cc1cccc2c1CC=C2c1c(C(F)(F)F)c2cc(CNC(=O)OC(C)(C)C)ccc2n(C)c1=O)NC(=O)C1(C(F)(F)F)CCN(CC(F)(F)F)CC1. The number of aryl methyl sites for hydroxylation is 1. The predicted octanol–water partition coefficient (Wildman–Crippen LogP) is 6.98. The molecular weight excluding hydrogens is 791 g/mol. The van der Waals surface area contributed by atoms with Crippen LogP contribution in [0.5, 0.6) is 0 Å². The third-order valence-electron chi connectivity index (χ3n) is 10.2. The van der Waals surface area contributed by atoms with E-state index in [1.54, 1.807) is 20.8 Å². The van der Waals surface area contributed by atoms with Crippen LogP contribution in [0.3, 0.4) is 0 Å². The number of esters is 1. The van der Waals surface area contributed by atoms with Gasteiger partial charge in [-0.25, -0.2) is 9.59 Å². The molecule has 1 unspecified atom stereocenters. The molecule has 2 aliphatic rings. The van der Waals surface area contributed by atoms with E-state index in [1.165, 1.54) is 49.5 Å². The number of fused-ring (bicyclic) bond motifs is 2. The molecule has 2 N–H and O–H groups in total. The zero-order valence-corrected chi connectivity index (χ0v) is 32.0. The molecule has 0 saturated carbocycles. The Hall–Kier alpha value is -5.07. The molecule has 1 saturated heterocycles. The molecule has 1 aliphatic carbocycles. The molecule has 58 heavy (non-hydrogen) atoms. The maximum Gasteiger partial charge on any atom is 0.417 e. The van der Waals surface area contributed by atoms with Crippen molar-refractivity contribution in [3.05, 3.63) is 86.2 Å². The van der Waals surface area contributed by atoms with Crippen LogP contribution in [0.2, 0.25) is 0 Å². The van der Waals surface area contributed by atoms with Crippen molar-refractivity contribution < 1.29 is 63.4 Å². The van der Waals surface area contributed by atoms with Crippen molar-refractivity contribution in [3.63, 3.8) is 0 Å². The lowest BCUT2D eigenvalue weighted by atomic mass is 9.76. The number of piperidine rings is 1. The number of amides is 2. The number of allylic oxidation sites excluding steroid dienone is 1. The van der Waals surface area contributed by atoms with Crippen LogP contribution in [0.25, 0.3) is 16.5 Å². The summed E-state index contributed by atoms with van der Waals surface area (Å²) in [5.74, 6) is -2.78. The van der Waals surface area contributed by atoms with Crippen molar-refractivity contribution in [2.24, 2.45) is 12.5 Å². The average Bonchev–Trinajstić information content (AvgIpc) is 3.54. The van der Waals surface area contributed by atoms with Crippen LogP contribution in [0.15, 0.2) is 47.3 Å². The van der Waals surface area contributed by atoms with E-state index in [-0.39, 0.29) is 46.1 Å². The highest BCUT2D eigenvalue weighted by atomic mass is 19.4. The first kappa shape index (κ1) is 44.0. The predicted molar refractivity (Wildman–Crippen MR) is 192 cm³/mol. The first-order valence-corrected chi connectivity index (χ1v) is 18.0. The van der Waals surface area contributed by atoms with E-state index >= 15 is 13.2 Å². The van der Waals surface area contributed by atoms with E-state index in [9.17, 15) is 45.5 Å². The first-order valence-electron chi connectivity index (χ1n) is 18.0. The molecule has 2 aromatic carbocycles. The number of alkyl carbamates (subject to hydrolysis) is 1. The van der Waals surface area contributed by atoms with Gasteiger partial charge in [0.05, 0.1) is 30.3 Å². The average molecular weight is 833 g/mol. The van der Waals surface area contributed by atoms with Gasteiger partial charge in [0.2, 0.25) is 5.91 Å². The summed E-state index contributed by atoms with van der Waals surface area (Å²) in [5, 5.41) is 4.26. The van der Waals surface area contributed by atoms with Gasteiger partial charge in [-0.15, -0.1) is 0 Å². The van der Waals surface area contributed by atoms with Crippen molar-refractivity contribution in [2.75, 3.05) is 26.7 Å². The standard InChI is InChI=1S/C39H41F9N4O6/c1-35(2,3)58-34(56)49-19-21-9-12-28-26(17-21)30(38(43,44)45)29(31(53)51(28)4)25-11-10-23-22(7-6-8-24(23)25)18-27(32(54)57-5)50-33(55)36(39(46,47)48)13-15-52(16-14-36)20-37(40,41)42/h6-9,11-12,17,27H,10,13-16,18-20H2,1-5H3,(H,49,56)(H,50,55). The zero-order valence-electron chi connectivity index (χ0n) is 32.0. The highest BCUT2D eigenvalue weighted by Crippen LogP contribution is 2.47. The lowest BCUT2D eigenvalue weighted by Crippen LogP contribution is -2.59. The summed E-state index contributed by atoms with van der Waals surface area (Å²) in [6, 6.07) is 6.57. The topological polar surface area (TPSA) is 119 Å². The third-order valence-corrected chi connectivity index (χ3v) is 10.2. The molecule has 3 aromatic rings. The Morgan fingerprint density at radius 2 is 1.60 bits per heavy atom. The van der Waals surface area contributed by atoms with Crippen molar-refractivity contribution in [1.29, 1.82) is 0 Å². The summed E-state index contributed by atoms with van der Waals surface area (Å²) < 4.78 is 139. The minimum Gasteiger partial charge on any atom is -0.467 e. The van der Waals surface area contributed by atoms with Crippen molar-refractivity contribution in [1.82, 2.24) is 20.1 Å². The van der Waals surface area contributed by atoms with E-state index in [0.717, 1.165) is 16.6 Å². The zero-order chi connectivity index (χ0) is 43.2. The molecular formula is C39H41F9N4O6. The number of rotatable bonds is 9. The molecule has 1 aromatic heterocycles. The number of hydrogen-bond acceptors (Lipinski definition) is 7. The number of hydrogen-bond donors (Lipinski definition) is 2. The molecule has 0 bridgehead atoms. The summed E-state index contributed by atoms with van der Waals surface area (Å²) in [5.41, 5.74) is -6.00. The van der Waals surface area contributed by atoms with Gasteiger partial charge in [-0.05, 0) is 93.1 Å². The van der Waals surface area contributed by atoms with E-state index < -0.39 is 109 Å². The molecule has 1 fully saturated rings. The minimum absolute atomic E-state index is 0.0472. The van der Waals surface area contributed by atoms with Crippen LogP contribution in [0, 0.1) is 5.41 Å². The number of likely N-dealkylation sites (tertiary alicyclic amines) is 1. The summed E-state index contributed by atoms with van der Waals surface area (Å²) in [4.78, 5) is 53.2. The van der Waals surface area contributed by atoms with Crippen LogP contribution >= 0.6 is 0 Å². The Morgan fingerprint density at radius 1 is 0.948 bits per heavy atom. The van der Waals surface area contributed by atoms with E-state index in [0.29, 0.717) is 5.56 Å². The summed E-state index contributed by atoms with van der Waals surface area (Å²) in [6.07, 6.45) is -16.9. The lowest BCUT2D eigenvalue weighted by molar-refractivity contribution is -0.236. The fourth-order valence-corrected chi connectivity index (χ4v) is 7.44. The quantitative estimate of drug-likeness (QED) is 0.177.